The average Bonchev–Trinajstić information content (AvgIpc) is 2.61. The highest BCUT2D eigenvalue weighted by atomic mass is 79.9. The van der Waals surface area contributed by atoms with Crippen molar-refractivity contribution in [2.45, 2.75) is 65.5 Å². The molecule has 2 atom stereocenters. The highest BCUT2D eigenvalue weighted by Crippen LogP contribution is 2.38. The summed E-state index contributed by atoms with van der Waals surface area (Å²) in [5.74, 6) is 0.509. The summed E-state index contributed by atoms with van der Waals surface area (Å²) in [5.41, 5.74) is 0.740. The number of halogens is 1. The first-order chi connectivity index (χ1) is 12.8. The van der Waals surface area contributed by atoms with Crippen LogP contribution in [-0.2, 0) is 11.3 Å². The molecule has 0 aliphatic heterocycles. The van der Waals surface area contributed by atoms with Crippen LogP contribution in [0.1, 0.15) is 52.9 Å². The number of hydrogen-bond acceptors (Lipinski definition) is 3. The number of fused-ring (bicyclic) bond motifs is 1. The van der Waals surface area contributed by atoms with E-state index < -0.39 is 0 Å². The Labute approximate surface area is 168 Å². The molecule has 5 nitrogen and oxygen atoms in total. The summed E-state index contributed by atoms with van der Waals surface area (Å²) < 4.78 is 2.37. The van der Waals surface area contributed by atoms with Crippen LogP contribution in [0.25, 0.3) is 10.9 Å². The fraction of sp³-hybridized carbons (Fsp3) is 0.571. The fourth-order valence-corrected chi connectivity index (χ4v) is 4.49. The van der Waals surface area contributed by atoms with Crippen molar-refractivity contribution in [1.29, 1.82) is 0 Å². The molecule has 3 rings (SSSR count). The summed E-state index contributed by atoms with van der Waals surface area (Å²) >= 11 is 3.39. The number of aromatic nitrogens is 2. The topological polar surface area (TPSA) is 64.0 Å². The minimum atomic E-state index is -0.112. The smallest absolute Gasteiger partial charge is 0.261 e. The Hall–Kier alpha value is -1.69. The molecule has 1 aromatic carbocycles. The van der Waals surface area contributed by atoms with Gasteiger partial charge in [-0.05, 0) is 42.4 Å². The SMILES string of the molecule is CC(C)(C)C1CCCCC1NC(=O)CCn1cnc2ccc(Br)cc2c1=O. The summed E-state index contributed by atoms with van der Waals surface area (Å²) in [6.45, 7) is 7.09. The van der Waals surface area contributed by atoms with Crippen LogP contribution in [0.2, 0.25) is 0 Å². The van der Waals surface area contributed by atoms with E-state index in [-0.39, 0.29) is 29.3 Å². The average molecular weight is 434 g/mol. The van der Waals surface area contributed by atoms with Gasteiger partial charge in [-0.3, -0.25) is 14.2 Å². The normalized spacial score (nSPS) is 20.6. The molecule has 1 saturated carbocycles. The van der Waals surface area contributed by atoms with E-state index in [4.69, 9.17) is 0 Å². The first-order valence-electron chi connectivity index (χ1n) is 9.70. The van der Waals surface area contributed by atoms with Gasteiger partial charge in [0, 0.05) is 23.5 Å². The van der Waals surface area contributed by atoms with Crippen LogP contribution in [0.5, 0.6) is 0 Å². The monoisotopic (exact) mass is 433 g/mol. The quantitative estimate of drug-likeness (QED) is 0.782. The van der Waals surface area contributed by atoms with Crippen molar-refractivity contribution in [3.63, 3.8) is 0 Å². The number of nitrogens with zero attached hydrogens (tertiary/aromatic N) is 2. The van der Waals surface area contributed by atoms with Crippen LogP contribution in [0.4, 0.5) is 0 Å². The van der Waals surface area contributed by atoms with E-state index in [0.29, 0.717) is 23.4 Å². The van der Waals surface area contributed by atoms with Gasteiger partial charge in [0.2, 0.25) is 5.91 Å². The molecule has 1 fully saturated rings. The lowest BCUT2D eigenvalue weighted by Crippen LogP contribution is -2.46. The van der Waals surface area contributed by atoms with Crippen molar-refractivity contribution < 1.29 is 4.79 Å². The van der Waals surface area contributed by atoms with Gasteiger partial charge in [0.15, 0.2) is 0 Å². The Kier molecular flexibility index (Phi) is 6.04. The third kappa shape index (κ3) is 4.78. The maximum absolute atomic E-state index is 12.6. The van der Waals surface area contributed by atoms with Gasteiger partial charge in [-0.15, -0.1) is 0 Å². The molecule has 1 aliphatic carbocycles. The van der Waals surface area contributed by atoms with Crippen molar-refractivity contribution >= 4 is 32.7 Å². The summed E-state index contributed by atoms with van der Waals surface area (Å²) in [6, 6.07) is 5.68. The Bertz CT molecular complexity index is 885. The van der Waals surface area contributed by atoms with Crippen molar-refractivity contribution in [3.05, 3.63) is 39.4 Å². The van der Waals surface area contributed by atoms with E-state index in [0.717, 1.165) is 17.3 Å². The molecule has 6 heteroatoms. The van der Waals surface area contributed by atoms with Crippen molar-refractivity contribution in [1.82, 2.24) is 14.9 Å². The Morgan fingerprint density at radius 2 is 2.04 bits per heavy atom. The largest absolute Gasteiger partial charge is 0.353 e. The lowest BCUT2D eigenvalue weighted by Gasteiger charge is -2.40. The van der Waals surface area contributed by atoms with Gasteiger partial charge in [-0.1, -0.05) is 49.5 Å². The number of hydrogen-bond donors (Lipinski definition) is 1. The van der Waals surface area contributed by atoms with E-state index in [1.807, 2.05) is 12.1 Å². The third-order valence-electron chi connectivity index (χ3n) is 5.59. The van der Waals surface area contributed by atoms with E-state index in [9.17, 15) is 9.59 Å². The minimum Gasteiger partial charge on any atom is -0.353 e. The van der Waals surface area contributed by atoms with Crippen LogP contribution in [0, 0.1) is 11.3 Å². The van der Waals surface area contributed by atoms with Crippen molar-refractivity contribution in [3.8, 4) is 0 Å². The van der Waals surface area contributed by atoms with Gasteiger partial charge in [0.25, 0.3) is 5.56 Å². The molecule has 0 bridgehead atoms. The lowest BCUT2D eigenvalue weighted by molar-refractivity contribution is -0.123. The number of nitrogens with one attached hydrogen (secondary N) is 1. The molecule has 27 heavy (non-hydrogen) atoms. The minimum absolute atomic E-state index is 0.0115. The molecular formula is C21H28BrN3O2. The number of rotatable bonds is 4. The summed E-state index contributed by atoms with van der Waals surface area (Å²) in [5, 5.41) is 3.79. The second-order valence-electron chi connectivity index (χ2n) is 8.59. The number of aryl methyl sites for hydroxylation is 1. The molecule has 1 N–H and O–H groups in total. The number of carbonyl (C=O) groups excluding carboxylic acids is 1. The van der Waals surface area contributed by atoms with Gasteiger partial charge in [-0.25, -0.2) is 4.98 Å². The van der Waals surface area contributed by atoms with E-state index in [2.05, 4.69) is 47.0 Å². The highest BCUT2D eigenvalue weighted by molar-refractivity contribution is 9.10. The first-order valence-corrected chi connectivity index (χ1v) is 10.5. The fourth-order valence-electron chi connectivity index (χ4n) is 4.13. The van der Waals surface area contributed by atoms with E-state index in [1.165, 1.54) is 23.7 Å². The number of benzene rings is 1. The second-order valence-corrected chi connectivity index (χ2v) is 9.50. The number of carbonyl (C=O) groups is 1. The molecule has 0 radical (unpaired) electrons. The predicted octanol–water partition coefficient (Wildman–Crippen LogP) is 4.27. The molecule has 1 aliphatic rings. The maximum atomic E-state index is 12.6. The second kappa shape index (κ2) is 8.13. The summed E-state index contributed by atoms with van der Waals surface area (Å²) in [7, 11) is 0. The molecule has 0 saturated heterocycles. The van der Waals surface area contributed by atoms with Gasteiger partial charge in [-0.2, -0.15) is 0 Å². The standard InChI is InChI=1S/C21H28BrN3O2/c1-21(2,3)16-6-4-5-7-18(16)24-19(26)10-11-25-13-23-17-9-8-14(22)12-15(17)20(25)27/h8-9,12-13,16,18H,4-7,10-11H2,1-3H3,(H,24,26). The van der Waals surface area contributed by atoms with Crippen LogP contribution in [0.15, 0.2) is 33.8 Å². The molecule has 1 heterocycles. The zero-order valence-corrected chi connectivity index (χ0v) is 17.9. The zero-order chi connectivity index (χ0) is 19.6. The first kappa shape index (κ1) is 20.1. The molecule has 146 valence electrons. The molecule has 2 aromatic rings. The van der Waals surface area contributed by atoms with E-state index in [1.54, 1.807) is 6.07 Å². The Morgan fingerprint density at radius 3 is 2.78 bits per heavy atom. The van der Waals surface area contributed by atoms with Gasteiger partial charge in [0.05, 0.1) is 17.2 Å². The van der Waals surface area contributed by atoms with Crippen LogP contribution >= 0.6 is 15.9 Å². The summed E-state index contributed by atoms with van der Waals surface area (Å²) in [6.07, 6.45) is 6.43. The van der Waals surface area contributed by atoms with Crippen molar-refractivity contribution in [2.24, 2.45) is 11.3 Å². The Balaban J connectivity index is 1.66. The van der Waals surface area contributed by atoms with Crippen molar-refractivity contribution in [2.75, 3.05) is 0 Å². The zero-order valence-electron chi connectivity index (χ0n) is 16.3. The Morgan fingerprint density at radius 1 is 1.30 bits per heavy atom. The molecule has 2 unspecified atom stereocenters. The lowest BCUT2D eigenvalue weighted by atomic mass is 9.69. The highest BCUT2D eigenvalue weighted by Gasteiger charge is 2.34. The van der Waals surface area contributed by atoms with Gasteiger partial charge in [0.1, 0.15) is 0 Å². The van der Waals surface area contributed by atoms with Crippen LogP contribution < -0.4 is 10.9 Å². The van der Waals surface area contributed by atoms with Crippen LogP contribution in [0.3, 0.4) is 0 Å². The third-order valence-corrected chi connectivity index (χ3v) is 6.08. The predicted molar refractivity (Wildman–Crippen MR) is 112 cm³/mol. The molecule has 0 spiro atoms. The van der Waals surface area contributed by atoms with E-state index >= 15 is 0 Å². The molecule has 1 amide bonds. The summed E-state index contributed by atoms with van der Waals surface area (Å²) in [4.78, 5) is 29.5. The number of amides is 1. The van der Waals surface area contributed by atoms with Gasteiger partial charge >= 0.3 is 0 Å². The molecule has 1 aromatic heterocycles. The maximum Gasteiger partial charge on any atom is 0.261 e. The van der Waals surface area contributed by atoms with Crippen LogP contribution in [-0.4, -0.2) is 21.5 Å². The van der Waals surface area contributed by atoms with Gasteiger partial charge < -0.3 is 5.32 Å². The molecular weight excluding hydrogens is 406 g/mol.